The SMILES string of the molecule is COC(=O)c1ccc(-n2sccc2=O)cc1. The molecule has 2 rings (SSSR count). The van der Waals surface area contributed by atoms with Crippen LogP contribution in [0.4, 0.5) is 0 Å². The molecule has 16 heavy (non-hydrogen) atoms. The summed E-state index contributed by atoms with van der Waals surface area (Å²) in [5, 5.41) is 1.72. The highest BCUT2D eigenvalue weighted by Gasteiger charge is 2.05. The summed E-state index contributed by atoms with van der Waals surface area (Å²) < 4.78 is 6.13. The monoisotopic (exact) mass is 235 g/mol. The fourth-order valence-electron chi connectivity index (χ4n) is 1.31. The van der Waals surface area contributed by atoms with Crippen LogP contribution in [0.15, 0.2) is 40.5 Å². The maximum absolute atomic E-state index is 11.4. The van der Waals surface area contributed by atoms with E-state index in [9.17, 15) is 9.59 Å². The lowest BCUT2D eigenvalue weighted by Crippen LogP contribution is -2.09. The Hall–Kier alpha value is -1.88. The number of hydrogen-bond donors (Lipinski definition) is 0. The van der Waals surface area contributed by atoms with Gasteiger partial charge >= 0.3 is 5.97 Å². The molecule has 0 aliphatic rings. The van der Waals surface area contributed by atoms with E-state index in [1.54, 1.807) is 33.6 Å². The van der Waals surface area contributed by atoms with Crippen molar-refractivity contribution < 1.29 is 9.53 Å². The topological polar surface area (TPSA) is 48.3 Å². The van der Waals surface area contributed by atoms with E-state index < -0.39 is 0 Å². The van der Waals surface area contributed by atoms with Gasteiger partial charge in [0.05, 0.1) is 18.4 Å². The van der Waals surface area contributed by atoms with E-state index in [0.29, 0.717) is 5.56 Å². The second-order valence-electron chi connectivity index (χ2n) is 3.08. The van der Waals surface area contributed by atoms with Crippen molar-refractivity contribution in [3.8, 4) is 5.69 Å². The van der Waals surface area contributed by atoms with Crippen molar-refractivity contribution >= 4 is 17.5 Å². The van der Waals surface area contributed by atoms with Crippen molar-refractivity contribution in [3.05, 3.63) is 51.6 Å². The highest BCUT2D eigenvalue weighted by atomic mass is 32.1. The first kappa shape index (κ1) is 10.6. The van der Waals surface area contributed by atoms with Crippen LogP contribution in [0.1, 0.15) is 10.4 Å². The number of rotatable bonds is 2. The van der Waals surface area contributed by atoms with Crippen LogP contribution >= 0.6 is 11.5 Å². The molecule has 0 spiro atoms. The van der Waals surface area contributed by atoms with Crippen LogP contribution in [0.25, 0.3) is 5.69 Å². The molecule has 0 saturated heterocycles. The van der Waals surface area contributed by atoms with E-state index in [1.807, 2.05) is 0 Å². The predicted octanol–water partition coefficient (Wildman–Crippen LogP) is 1.69. The van der Waals surface area contributed by atoms with Crippen LogP contribution in [-0.2, 0) is 4.74 Å². The first-order chi connectivity index (χ1) is 7.72. The molecule has 0 aliphatic heterocycles. The van der Waals surface area contributed by atoms with E-state index in [-0.39, 0.29) is 11.5 Å². The minimum Gasteiger partial charge on any atom is -0.465 e. The van der Waals surface area contributed by atoms with Crippen LogP contribution < -0.4 is 5.56 Å². The predicted molar refractivity (Wildman–Crippen MR) is 61.3 cm³/mol. The molecule has 1 aromatic heterocycles. The van der Waals surface area contributed by atoms with Gasteiger partial charge in [-0.05, 0) is 24.3 Å². The van der Waals surface area contributed by atoms with Gasteiger partial charge in [0, 0.05) is 11.4 Å². The van der Waals surface area contributed by atoms with Crippen molar-refractivity contribution in [3.63, 3.8) is 0 Å². The zero-order valence-corrected chi connectivity index (χ0v) is 9.36. The first-order valence-corrected chi connectivity index (χ1v) is 5.42. The van der Waals surface area contributed by atoms with Crippen molar-refractivity contribution in [1.82, 2.24) is 3.96 Å². The Morgan fingerprint density at radius 3 is 2.44 bits per heavy atom. The lowest BCUT2D eigenvalue weighted by molar-refractivity contribution is 0.0601. The number of carbonyl (C=O) groups is 1. The van der Waals surface area contributed by atoms with E-state index in [1.165, 1.54) is 24.7 Å². The third-order valence-electron chi connectivity index (χ3n) is 2.10. The van der Waals surface area contributed by atoms with Gasteiger partial charge in [-0.2, -0.15) is 0 Å². The standard InChI is InChI=1S/C11H9NO3S/c1-15-11(14)8-2-4-9(5-3-8)12-10(13)6-7-16-12/h2-7H,1H3. The largest absolute Gasteiger partial charge is 0.465 e. The van der Waals surface area contributed by atoms with Gasteiger partial charge < -0.3 is 4.74 Å². The maximum Gasteiger partial charge on any atom is 0.337 e. The number of ether oxygens (including phenoxy) is 1. The number of carbonyl (C=O) groups excluding carboxylic acids is 1. The molecule has 0 atom stereocenters. The molecule has 0 aliphatic carbocycles. The molecular formula is C11H9NO3S. The fourth-order valence-corrected chi connectivity index (χ4v) is 2.02. The second-order valence-corrected chi connectivity index (χ2v) is 3.93. The van der Waals surface area contributed by atoms with Crippen molar-refractivity contribution in [2.24, 2.45) is 0 Å². The average Bonchev–Trinajstić information content (AvgIpc) is 2.75. The molecule has 2 aromatic rings. The van der Waals surface area contributed by atoms with E-state index >= 15 is 0 Å². The van der Waals surface area contributed by atoms with Crippen LogP contribution in [0.2, 0.25) is 0 Å². The van der Waals surface area contributed by atoms with Gasteiger partial charge in [-0.25, -0.2) is 8.75 Å². The Kier molecular flexibility index (Phi) is 2.87. The molecule has 0 radical (unpaired) electrons. The zero-order chi connectivity index (χ0) is 11.5. The van der Waals surface area contributed by atoms with E-state index in [4.69, 9.17) is 0 Å². The quantitative estimate of drug-likeness (QED) is 0.744. The van der Waals surface area contributed by atoms with Crippen LogP contribution in [0.5, 0.6) is 0 Å². The normalized spacial score (nSPS) is 10.1. The molecule has 1 heterocycles. The number of nitrogens with zero attached hydrogens (tertiary/aromatic N) is 1. The Labute approximate surface area is 95.9 Å². The van der Waals surface area contributed by atoms with Crippen LogP contribution in [0, 0.1) is 0 Å². The number of esters is 1. The molecule has 0 N–H and O–H groups in total. The molecule has 0 unspecified atom stereocenters. The highest BCUT2D eigenvalue weighted by Crippen LogP contribution is 2.11. The molecule has 4 nitrogen and oxygen atoms in total. The number of aromatic nitrogens is 1. The lowest BCUT2D eigenvalue weighted by Gasteiger charge is -2.02. The summed E-state index contributed by atoms with van der Waals surface area (Å²) in [7, 11) is 1.33. The molecule has 82 valence electrons. The molecule has 0 amide bonds. The van der Waals surface area contributed by atoms with Gasteiger partial charge in [0.15, 0.2) is 0 Å². The minimum atomic E-state index is -0.384. The number of hydrogen-bond acceptors (Lipinski definition) is 4. The first-order valence-electron chi connectivity index (χ1n) is 4.58. The Morgan fingerprint density at radius 2 is 1.94 bits per heavy atom. The Balaban J connectivity index is 2.37. The van der Waals surface area contributed by atoms with Crippen molar-refractivity contribution in [1.29, 1.82) is 0 Å². The molecule has 0 bridgehead atoms. The number of benzene rings is 1. The highest BCUT2D eigenvalue weighted by molar-refractivity contribution is 7.04. The minimum absolute atomic E-state index is 0.0733. The average molecular weight is 235 g/mol. The number of methoxy groups -OCH3 is 1. The van der Waals surface area contributed by atoms with Crippen molar-refractivity contribution in [2.75, 3.05) is 7.11 Å². The summed E-state index contributed by atoms with van der Waals surface area (Å²) in [5.74, 6) is -0.384. The zero-order valence-electron chi connectivity index (χ0n) is 8.54. The van der Waals surface area contributed by atoms with Gasteiger partial charge in [-0.15, -0.1) is 0 Å². The maximum atomic E-state index is 11.4. The molecule has 0 fully saturated rings. The second kappa shape index (κ2) is 4.32. The Morgan fingerprint density at radius 1 is 1.25 bits per heavy atom. The van der Waals surface area contributed by atoms with Gasteiger partial charge in [0.25, 0.3) is 5.56 Å². The smallest absolute Gasteiger partial charge is 0.337 e. The summed E-state index contributed by atoms with van der Waals surface area (Å²) in [6.07, 6.45) is 0. The van der Waals surface area contributed by atoms with Crippen LogP contribution in [-0.4, -0.2) is 17.0 Å². The third kappa shape index (κ3) is 1.90. The lowest BCUT2D eigenvalue weighted by atomic mass is 10.2. The van der Waals surface area contributed by atoms with Gasteiger partial charge in [-0.1, -0.05) is 11.5 Å². The molecule has 0 saturated carbocycles. The fraction of sp³-hybridized carbons (Fsp3) is 0.0909. The third-order valence-corrected chi connectivity index (χ3v) is 2.96. The summed E-state index contributed by atoms with van der Waals surface area (Å²) in [6, 6.07) is 8.19. The van der Waals surface area contributed by atoms with Crippen molar-refractivity contribution in [2.45, 2.75) is 0 Å². The van der Waals surface area contributed by atoms with E-state index in [2.05, 4.69) is 4.74 Å². The van der Waals surface area contributed by atoms with Gasteiger partial charge in [-0.3, -0.25) is 4.79 Å². The van der Waals surface area contributed by atoms with E-state index in [0.717, 1.165) is 5.69 Å². The molecule has 5 heteroatoms. The van der Waals surface area contributed by atoms with Gasteiger partial charge in [0.1, 0.15) is 0 Å². The summed E-state index contributed by atoms with van der Waals surface area (Å²) in [4.78, 5) is 22.6. The summed E-state index contributed by atoms with van der Waals surface area (Å²) >= 11 is 1.31. The summed E-state index contributed by atoms with van der Waals surface area (Å²) in [6.45, 7) is 0. The molecular weight excluding hydrogens is 226 g/mol. The molecule has 1 aromatic carbocycles. The Bertz CT molecular complexity index is 553. The van der Waals surface area contributed by atoms with Gasteiger partial charge in [0.2, 0.25) is 0 Å². The van der Waals surface area contributed by atoms with Crippen LogP contribution in [0.3, 0.4) is 0 Å². The summed E-state index contributed by atoms with van der Waals surface area (Å²) in [5.41, 5.74) is 1.14.